The second kappa shape index (κ2) is 30.5. The maximum absolute atomic E-state index is 12.0. The summed E-state index contributed by atoms with van der Waals surface area (Å²) in [5.74, 6) is -0.544. The van der Waals surface area contributed by atoms with Crippen molar-refractivity contribution in [3.63, 3.8) is 0 Å². The normalized spacial score (nSPS) is 13.9. The monoisotopic (exact) mass is 631 g/mol. The molecule has 0 aliphatic carbocycles. The molecule has 0 spiro atoms. The lowest BCUT2D eigenvalue weighted by molar-refractivity contribution is -0.147. The molecule has 0 aromatic carbocycles. The van der Waals surface area contributed by atoms with Gasteiger partial charge in [0.25, 0.3) is 0 Å². The van der Waals surface area contributed by atoms with Crippen molar-refractivity contribution in [1.82, 2.24) is 5.32 Å². The molecular formula is C33H62NO8P. The van der Waals surface area contributed by atoms with Gasteiger partial charge >= 0.3 is 13.8 Å². The van der Waals surface area contributed by atoms with Crippen LogP contribution in [-0.2, 0) is 27.9 Å². The number of carbonyl (C=O) groups is 2. The van der Waals surface area contributed by atoms with E-state index in [1.807, 2.05) is 0 Å². The van der Waals surface area contributed by atoms with E-state index in [4.69, 9.17) is 13.8 Å². The number of amides is 1. The lowest BCUT2D eigenvalue weighted by atomic mass is 10.1. The average Bonchev–Trinajstić information content (AvgIpc) is 2.99. The lowest BCUT2D eigenvalue weighted by Crippen LogP contribution is -2.27. The number of allylic oxidation sites excluding steroid dienone is 4. The zero-order valence-corrected chi connectivity index (χ0v) is 28.0. The van der Waals surface area contributed by atoms with E-state index in [1.165, 1.54) is 57.8 Å². The van der Waals surface area contributed by atoms with Gasteiger partial charge in [0.1, 0.15) is 12.7 Å². The molecule has 0 bridgehead atoms. The van der Waals surface area contributed by atoms with Crippen molar-refractivity contribution >= 4 is 19.7 Å². The van der Waals surface area contributed by atoms with Crippen LogP contribution >= 0.6 is 7.82 Å². The van der Waals surface area contributed by atoms with Crippen molar-refractivity contribution in [2.24, 2.45) is 0 Å². The van der Waals surface area contributed by atoms with Gasteiger partial charge < -0.3 is 20.1 Å². The number of hydrogen-bond acceptors (Lipinski definition) is 7. The quantitative estimate of drug-likeness (QED) is 0.0303. The number of nitrogens with one attached hydrogen (secondary N) is 1. The van der Waals surface area contributed by atoms with Gasteiger partial charge in [-0.3, -0.25) is 18.6 Å². The topological polar surface area (TPSA) is 131 Å². The molecule has 0 saturated heterocycles. The number of aliphatic hydroxyl groups excluding tert-OH is 1. The summed E-state index contributed by atoms with van der Waals surface area (Å²) in [6.45, 7) is 3.36. The maximum atomic E-state index is 12.0. The van der Waals surface area contributed by atoms with E-state index in [-0.39, 0.29) is 32.1 Å². The highest BCUT2D eigenvalue weighted by Crippen LogP contribution is 2.42. The van der Waals surface area contributed by atoms with E-state index in [0.717, 1.165) is 57.8 Å². The number of ether oxygens (including phenoxy) is 1. The van der Waals surface area contributed by atoms with Gasteiger partial charge in [-0.1, -0.05) is 109 Å². The van der Waals surface area contributed by atoms with Crippen LogP contribution in [0.15, 0.2) is 24.3 Å². The molecule has 1 amide bonds. The van der Waals surface area contributed by atoms with Gasteiger partial charge in [0.15, 0.2) is 0 Å². The summed E-state index contributed by atoms with van der Waals surface area (Å²) in [4.78, 5) is 33.3. The van der Waals surface area contributed by atoms with Crippen LogP contribution < -0.4 is 5.32 Å². The minimum atomic E-state index is -4.39. The molecule has 10 heteroatoms. The number of rotatable bonds is 31. The first kappa shape index (κ1) is 41.5. The second-order valence-corrected chi connectivity index (χ2v) is 12.6. The molecule has 0 aliphatic rings. The molecule has 0 fully saturated rings. The number of aliphatic hydroxyl groups is 1. The molecule has 43 heavy (non-hydrogen) atoms. The minimum absolute atomic E-state index is 0.0781. The van der Waals surface area contributed by atoms with Crippen LogP contribution in [0.25, 0.3) is 0 Å². The second-order valence-electron chi connectivity index (χ2n) is 11.1. The predicted octanol–water partition coefficient (Wildman–Crippen LogP) is 8.09. The fourth-order valence-electron chi connectivity index (χ4n) is 4.29. The smallest absolute Gasteiger partial charge is 0.463 e. The summed E-state index contributed by atoms with van der Waals surface area (Å²) in [5, 5.41) is 12.5. The van der Waals surface area contributed by atoms with Gasteiger partial charge in [-0.05, 0) is 44.9 Å². The molecule has 0 saturated carbocycles. The summed E-state index contributed by atoms with van der Waals surface area (Å²) in [6.07, 6.45) is 28.8. The molecule has 0 heterocycles. The summed E-state index contributed by atoms with van der Waals surface area (Å²) in [6, 6.07) is 0. The molecular weight excluding hydrogens is 569 g/mol. The maximum Gasteiger partial charge on any atom is 0.472 e. The van der Waals surface area contributed by atoms with Crippen molar-refractivity contribution < 1.29 is 37.9 Å². The van der Waals surface area contributed by atoms with Crippen molar-refractivity contribution in [2.75, 3.05) is 26.4 Å². The van der Waals surface area contributed by atoms with Gasteiger partial charge in [0.05, 0.1) is 13.2 Å². The lowest BCUT2D eigenvalue weighted by Gasteiger charge is -2.15. The molecule has 9 nitrogen and oxygen atoms in total. The molecule has 0 aromatic heterocycles. The molecule has 3 N–H and O–H groups in total. The van der Waals surface area contributed by atoms with E-state index in [1.54, 1.807) is 0 Å². The summed E-state index contributed by atoms with van der Waals surface area (Å²) >= 11 is 0. The largest absolute Gasteiger partial charge is 0.472 e. The number of phosphoric acid groups is 1. The Bertz CT molecular complexity index is 774. The first-order chi connectivity index (χ1) is 20.8. The number of unbranched alkanes of at least 4 members (excludes halogenated alkanes) is 14. The number of carbonyl (C=O) groups excluding carboxylic acids is 2. The molecule has 0 aliphatic heterocycles. The Hall–Kier alpha value is -1.51. The Morgan fingerprint density at radius 2 is 1.26 bits per heavy atom. The predicted molar refractivity (Wildman–Crippen MR) is 174 cm³/mol. The molecule has 0 radical (unpaired) electrons. The van der Waals surface area contributed by atoms with Crippen LogP contribution in [0.1, 0.15) is 142 Å². The molecule has 252 valence electrons. The third-order valence-corrected chi connectivity index (χ3v) is 7.87. The van der Waals surface area contributed by atoms with Crippen LogP contribution in [-0.4, -0.2) is 54.3 Å². The third kappa shape index (κ3) is 31.7. The number of hydrogen-bond donors (Lipinski definition) is 3. The molecule has 2 atom stereocenters. The Morgan fingerprint density at radius 3 is 1.88 bits per heavy atom. The van der Waals surface area contributed by atoms with Crippen molar-refractivity contribution in [3.05, 3.63) is 24.3 Å². The zero-order chi connectivity index (χ0) is 31.9. The van der Waals surface area contributed by atoms with Crippen molar-refractivity contribution in [2.45, 2.75) is 148 Å². The Morgan fingerprint density at radius 1 is 0.721 bits per heavy atom. The standard InChI is InChI=1S/C33H62NO8P/c1-3-5-7-9-10-11-12-13-14-15-16-17-18-19-20-21-22-23-25-32(36)34-27-28-41-43(38,39)42-30-31(35)29-40-33(37)26-24-8-6-4-2/h11-12,14-15,31,35H,3-10,13,16-30H2,1-2H3,(H,34,36)(H,38,39)/b12-11-,15-14-. The van der Waals surface area contributed by atoms with E-state index in [2.05, 4.69) is 43.5 Å². The highest BCUT2D eigenvalue weighted by molar-refractivity contribution is 7.47. The highest BCUT2D eigenvalue weighted by atomic mass is 31.2. The zero-order valence-electron chi connectivity index (χ0n) is 27.1. The fraction of sp³-hybridized carbons (Fsp3) is 0.818. The third-order valence-electron chi connectivity index (χ3n) is 6.88. The van der Waals surface area contributed by atoms with Crippen LogP contribution in [0, 0.1) is 0 Å². The van der Waals surface area contributed by atoms with Gasteiger partial charge in [0.2, 0.25) is 5.91 Å². The van der Waals surface area contributed by atoms with Crippen molar-refractivity contribution in [1.29, 1.82) is 0 Å². The first-order valence-corrected chi connectivity index (χ1v) is 18.3. The van der Waals surface area contributed by atoms with E-state index >= 15 is 0 Å². The van der Waals surface area contributed by atoms with Crippen LogP contribution in [0.5, 0.6) is 0 Å². The first-order valence-electron chi connectivity index (χ1n) is 16.8. The van der Waals surface area contributed by atoms with E-state index in [9.17, 15) is 24.2 Å². The molecule has 2 unspecified atom stereocenters. The van der Waals surface area contributed by atoms with Gasteiger partial charge in [-0.15, -0.1) is 0 Å². The Balaban J connectivity index is 3.60. The minimum Gasteiger partial charge on any atom is -0.463 e. The Kier molecular flexibility index (Phi) is 29.4. The summed E-state index contributed by atoms with van der Waals surface area (Å²) < 4.78 is 26.4. The van der Waals surface area contributed by atoms with Crippen molar-refractivity contribution in [3.8, 4) is 0 Å². The number of phosphoric ester groups is 1. The highest BCUT2D eigenvalue weighted by Gasteiger charge is 2.23. The van der Waals surface area contributed by atoms with Gasteiger partial charge in [-0.2, -0.15) is 0 Å². The number of esters is 1. The van der Waals surface area contributed by atoms with Gasteiger partial charge in [0, 0.05) is 19.4 Å². The molecule has 0 rings (SSSR count). The molecule has 0 aromatic rings. The van der Waals surface area contributed by atoms with Crippen LogP contribution in [0.3, 0.4) is 0 Å². The average molecular weight is 632 g/mol. The van der Waals surface area contributed by atoms with E-state index < -0.39 is 26.5 Å². The fourth-order valence-corrected chi connectivity index (χ4v) is 5.05. The Labute approximate surface area is 261 Å². The SMILES string of the molecule is CCCCCC/C=C\C/C=C\CCCCCCCCCC(=O)NCCOP(=O)(O)OCC(O)COC(=O)CCCCCC. The van der Waals surface area contributed by atoms with Crippen LogP contribution in [0.4, 0.5) is 0 Å². The van der Waals surface area contributed by atoms with Gasteiger partial charge in [-0.25, -0.2) is 4.57 Å². The summed E-state index contributed by atoms with van der Waals surface area (Å²) in [7, 11) is -4.39. The van der Waals surface area contributed by atoms with Crippen LogP contribution in [0.2, 0.25) is 0 Å². The van der Waals surface area contributed by atoms with E-state index in [0.29, 0.717) is 6.42 Å². The summed E-state index contributed by atoms with van der Waals surface area (Å²) in [5.41, 5.74) is 0.